The van der Waals surface area contributed by atoms with Crippen molar-refractivity contribution < 1.29 is 5.11 Å². The van der Waals surface area contributed by atoms with E-state index in [1.807, 2.05) is 4.68 Å². The number of hydrogen-bond donors (Lipinski definition) is 1. The van der Waals surface area contributed by atoms with E-state index in [1.165, 1.54) is 50.5 Å². The summed E-state index contributed by atoms with van der Waals surface area (Å²) in [5.41, 5.74) is 2.43. The van der Waals surface area contributed by atoms with E-state index in [0.29, 0.717) is 12.0 Å². The van der Waals surface area contributed by atoms with Crippen molar-refractivity contribution in [2.45, 2.75) is 75.5 Å². The second-order valence-electron chi connectivity index (χ2n) is 9.15. The Bertz CT molecular complexity index is 766. The van der Waals surface area contributed by atoms with Crippen molar-refractivity contribution in [1.82, 2.24) is 19.9 Å². The molecule has 150 valence electrons. The molecule has 3 fully saturated rings. The van der Waals surface area contributed by atoms with Gasteiger partial charge in [0.05, 0.1) is 17.8 Å². The average Bonchev–Trinajstić information content (AvgIpc) is 3.48. The summed E-state index contributed by atoms with van der Waals surface area (Å²) < 4.78 is 1.95. The number of likely N-dealkylation sites (tertiary alicyclic amines) is 1. The lowest BCUT2D eigenvalue weighted by molar-refractivity contribution is -0.0154. The second-order valence-corrected chi connectivity index (χ2v) is 9.15. The molecule has 0 spiro atoms. The highest BCUT2D eigenvalue weighted by molar-refractivity contribution is 5.20. The van der Waals surface area contributed by atoms with Crippen LogP contribution in [0.5, 0.6) is 0 Å². The summed E-state index contributed by atoms with van der Waals surface area (Å²) in [7, 11) is 0. The maximum Gasteiger partial charge on any atom is 0.0923 e. The number of aliphatic hydroxyl groups is 1. The van der Waals surface area contributed by atoms with Crippen LogP contribution in [0.4, 0.5) is 0 Å². The average molecular weight is 381 g/mol. The van der Waals surface area contributed by atoms with E-state index >= 15 is 0 Å². The molecule has 3 atom stereocenters. The second kappa shape index (κ2) is 7.96. The first-order valence-electron chi connectivity index (χ1n) is 11.2. The molecule has 2 heterocycles. The molecule has 3 aliphatic rings. The van der Waals surface area contributed by atoms with E-state index in [-0.39, 0.29) is 12.1 Å². The van der Waals surface area contributed by atoms with Gasteiger partial charge in [0, 0.05) is 31.2 Å². The third kappa shape index (κ3) is 3.87. The number of rotatable bonds is 5. The largest absolute Gasteiger partial charge is 0.391 e. The van der Waals surface area contributed by atoms with Gasteiger partial charge >= 0.3 is 0 Å². The molecular formula is C23H32N4O. The molecule has 0 radical (unpaired) electrons. The fourth-order valence-electron chi connectivity index (χ4n) is 5.23. The van der Waals surface area contributed by atoms with Crippen molar-refractivity contribution in [2.24, 2.45) is 5.92 Å². The van der Waals surface area contributed by atoms with Gasteiger partial charge in [0.2, 0.25) is 0 Å². The monoisotopic (exact) mass is 380 g/mol. The predicted molar refractivity (Wildman–Crippen MR) is 109 cm³/mol. The van der Waals surface area contributed by atoms with Gasteiger partial charge in [0.25, 0.3) is 0 Å². The van der Waals surface area contributed by atoms with Crippen LogP contribution in [0, 0.1) is 5.92 Å². The maximum atomic E-state index is 11.0. The Morgan fingerprint density at radius 1 is 1.00 bits per heavy atom. The fourth-order valence-corrected chi connectivity index (χ4v) is 5.23. The molecule has 1 saturated heterocycles. The van der Waals surface area contributed by atoms with Crippen molar-refractivity contribution in [3.8, 4) is 0 Å². The molecule has 0 unspecified atom stereocenters. The Labute approximate surface area is 167 Å². The zero-order chi connectivity index (χ0) is 18.9. The normalized spacial score (nSPS) is 29.8. The molecule has 1 N–H and O–H groups in total. The summed E-state index contributed by atoms with van der Waals surface area (Å²) in [5.74, 6) is 1.39. The molecule has 1 aromatic carbocycles. The number of aromatic nitrogens is 3. The van der Waals surface area contributed by atoms with E-state index in [2.05, 4.69) is 51.7 Å². The van der Waals surface area contributed by atoms with Crippen LogP contribution in [0.15, 0.2) is 36.5 Å². The first-order chi connectivity index (χ1) is 13.8. The van der Waals surface area contributed by atoms with Gasteiger partial charge in [-0.15, -0.1) is 5.10 Å². The number of aliphatic hydroxyl groups excluding tert-OH is 1. The van der Waals surface area contributed by atoms with Crippen LogP contribution in [0.25, 0.3) is 0 Å². The van der Waals surface area contributed by atoms with Crippen LogP contribution in [-0.4, -0.2) is 44.2 Å². The van der Waals surface area contributed by atoms with E-state index in [4.69, 9.17) is 0 Å². The fraction of sp³-hybridized carbons (Fsp3) is 0.652. The van der Waals surface area contributed by atoms with Crippen LogP contribution in [0.1, 0.15) is 80.6 Å². The lowest BCUT2D eigenvalue weighted by Gasteiger charge is -2.44. The molecule has 0 amide bonds. The number of piperidine rings is 1. The Balaban J connectivity index is 1.37. The summed E-state index contributed by atoms with van der Waals surface area (Å²) >= 11 is 0. The SMILES string of the molecule is O[C@@H]1C[C@H](c2ccccc2)N(CC2CCCCC2)C[C@H]1n1cc(C2CC2)nn1. The highest BCUT2D eigenvalue weighted by Gasteiger charge is 2.38. The Kier molecular flexibility index (Phi) is 5.20. The third-order valence-electron chi connectivity index (χ3n) is 7.04. The van der Waals surface area contributed by atoms with Crippen LogP contribution < -0.4 is 0 Å². The van der Waals surface area contributed by atoms with Gasteiger partial charge < -0.3 is 5.11 Å². The highest BCUT2D eigenvalue weighted by Crippen LogP contribution is 2.40. The maximum absolute atomic E-state index is 11.0. The summed E-state index contributed by atoms with van der Waals surface area (Å²) in [4.78, 5) is 2.63. The molecule has 1 aliphatic heterocycles. The van der Waals surface area contributed by atoms with Crippen LogP contribution in [0.3, 0.4) is 0 Å². The molecule has 2 aromatic rings. The van der Waals surface area contributed by atoms with Gasteiger partial charge in [-0.3, -0.25) is 4.90 Å². The van der Waals surface area contributed by atoms with E-state index < -0.39 is 0 Å². The molecule has 2 aliphatic carbocycles. The van der Waals surface area contributed by atoms with Gasteiger partial charge in [0.15, 0.2) is 0 Å². The van der Waals surface area contributed by atoms with Gasteiger partial charge in [-0.2, -0.15) is 0 Å². The Morgan fingerprint density at radius 3 is 2.54 bits per heavy atom. The van der Waals surface area contributed by atoms with Gasteiger partial charge in [-0.05, 0) is 43.6 Å². The van der Waals surface area contributed by atoms with Crippen LogP contribution in [0.2, 0.25) is 0 Å². The minimum Gasteiger partial charge on any atom is -0.391 e. The Morgan fingerprint density at radius 2 is 1.79 bits per heavy atom. The minimum atomic E-state index is -0.387. The first-order valence-corrected chi connectivity index (χ1v) is 11.2. The summed E-state index contributed by atoms with van der Waals surface area (Å²) in [6.45, 7) is 1.98. The predicted octanol–water partition coefficient (Wildman–Crippen LogP) is 4.08. The minimum absolute atomic E-state index is 0.00329. The smallest absolute Gasteiger partial charge is 0.0923 e. The van der Waals surface area contributed by atoms with Crippen molar-refractivity contribution in [3.05, 3.63) is 47.8 Å². The Hall–Kier alpha value is -1.72. The van der Waals surface area contributed by atoms with Crippen molar-refractivity contribution >= 4 is 0 Å². The summed E-state index contributed by atoms with van der Waals surface area (Å²) in [6, 6.07) is 11.0. The highest BCUT2D eigenvalue weighted by atomic mass is 16.3. The van der Waals surface area contributed by atoms with Crippen molar-refractivity contribution in [2.75, 3.05) is 13.1 Å². The summed E-state index contributed by atoms with van der Waals surface area (Å²) in [6.07, 6.45) is 11.8. The lowest BCUT2D eigenvalue weighted by atomic mass is 9.85. The van der Waals surface area contributed by atoms with Crippen LogP contribution in [-0.2, 0) is 0 Å². The van der Waals surface area contributed by atoms with E-state index in [0.717, 1.165) is 31.1 Å². The molecule has 2 saturated carbocycles. The molecule has 5 nitrogen and oxygen atoms in total. The first kappa shape index (κ1) is 18.3. The molecule has 28 heavy (non-hydrogen) atoms. The van der Waals surface area contributed by atoms with Crippen molar-refractivity contribution in [3.63, 3.8) is 0 Å². The van der Waals surface area contributed by atoms with E-state index in [9.17, 15) is 5.11 Å². The molecule has 5 heteroatoms. The molecule has 1 aromatic heterocycles. The van der Waals surface area contributed by atoms with Gasteiger partial charge in [-0.25, -0.2) is 4.68 Å². The topological polar surface area (TPSA) is 54.2 Å². The quantitative estimate of drug-likeness (QED) is 0.849. The summed E-state index contributed by atoms with van der Waals surface area (Å²) in [5, 5.41) is 19.8. The molecule has 5 rings (SSSR count). The van der Waals surface area contributed by atoms with Gasteiger partial charge in [0.1, 0.15) is 0 Å². The third-order valence-corrected chi connectivity index (χ3v) is 7.04. The van der Waals surface area contributed by atoms with Crippen LogP contribution >= 0.6 is 0 Å². The zero-order valence-electron chi connectivity index (χ0n) is 16.7. The standard InChI is InChI=1S/C23H32N4O/c28-23-13-21(19-9-5-2-6-10-19)26(14-17-7-3-1-4-8-17)16-22(23)27-15-20(24-25-27)18-11-12-18/h2,5-6,9-10,15,17-18,21-23,28H,1,3-4,7-8,11-14,16H2/t21-,22-,23-/m1/s1. The molecule has 0 bridgehead atoms. The van der Waals surface area contributed by atoms with Gasteiger partial charge in [-0.1, -0.05) is 54.8 Å². The van der Waals surface area contributed by atoms with E-state index in [1.54, 1.807) is 0 Å². The number of nitrogens with zero attached hydrogens (tertiary/aromatic N) is 4. The number of hydrogen-bond acceptors (Lipinski definition) is 4. The number of benzene rings is 1. The van der Waals surface area contributed by atoms with Crippen molar-refractivity contribution in [1.29, 1.82) is 0 Å². The lowest BCUT2D eigenvalue weighted by Crippen LogP contribution is -2.47. The zero-order valence-corrected chi connectivity index (χ0v) is 16.7. The molecular weight excluding hydrogens is 348 g/mol.